The third-order valence-electron chi connectivity index (χ3n) is 10.3. The van der Waals surface area contributed by atoms with Crippen molar-refractivity contribution in [3.05, 3.63) is 179 Å². The number of rotatable bonds is 4. The second-order valence-electron chi connectivity index (χ2n) is 15.6. The molecule has 0 atom stereocenters. The van der Waals surface area contributed by atoms with Crippen molar-refractivity contribution in [3.8, 4) is 33.6 Å². The summed E-state index contributed by atoms with van der Waals surface area (Å²) in [6.07, 6.45) is 3.96. The van der Waals surface area contributed by atoms with Gasteiger partial charge in [-0.15, -0.1) is 0 Å². The van der Waals surface area contributed by atoms with Crippen LogP contribution < -0.4 is 0 Å². The molecule has 2 heterocycles. The van der Waals surface area contributed by atoms with Crippen LogP contribution in [0.4, 0.5) is 0 Å². The quantitative estimate of drug-likeness (QED) is 0.192. The smallest absolute Gasteiger partial charge is 0.0714 e. The summed E-state index contributed by atoms with van der Waals surface area (Å²) in [7, 11) is 0. The van der Waals surface area contributed by atoms with Gasteiger partial charge in [0.2, 0.25) is 0 Å². The largest absolute Gasteiger partial charge is 0.256 e. The van der Waals surface area contributed by atoms with E-state index >= 15 is 0 Å². The van der Waals surface area contributed by atoms with Gasteiger partial charge < -0.3 is 0 Å². The van der Waals surface area contributed by atoms with Crippen molar-refractivity contribution < 1.29 is 0 Å². The molecular formula is C47H42N2. The molecule has 1 aliphatic rings. The maximum absolute atomic E-state index is 5.03. The van der Waals surface area contributed by atoms with E-state index in [-0.39, 0.29) is 10.8 Å². The SMILES string of the molecule is CC(C)(C)c1cc(-c2cc3ccccc3cn2)cc(C2(c3cccc(-c4cc(C(C)(C)C)ccn4)c3)c3ccccc3-c3ccccc32)c1. The molecule has 0 N–H and O–H groups in total. The van der Waals surface area contributed by atoms with Crippen LogP contribution in [0.25, 0.3) is 44.4 Å². The number of hydrogen-bond acceptors (Lipinski definition) is 2. The molecule has 0 spiro atoms. The minimum atomic E-state index is -0.558. The molecule has 2 heteroatoms. The summed E-state index contributed by atoms with van der Waals surface area (Å²) in [6, 6.07) is 49.4. The normalized spacial score (nSPS) is 13.7. The molecule has 2 aromatic heterocycles. The molecule has 5 aromatic carbocycles. The Morgan fingerprint density at radius 2 is 1.06 bits per heavy atom. The molecule has 8 rings (SSSR count). The molecule has 49 heavy (non-hydrogen) atoms. The Morgan fingerprint density at radius 3 is 1.76 bits per heavy atom. The number of fused-ring (bicyclic) bond motifs is 4. The van der Waals surface area contributed by atoms with Gasteiger partial charge in [-0.05, 0) is 97.1 Å². The summed E-state index contributed by atoms with van der Waals surface area (Å²) < 4.78 is 0. The first-order valence-corrected chi connectivity index (χ1v) is 17.3. The van der Waals surface area contributed by atoms with Crippen LogP contribution in [-0.4, -0.2) is 9.97 Å². The molecular weight excluding hydrogens is 593 g/mol. The lowest BCUT2D eigenvalue weighted by Gasteiger charge is -2.36. The van der Waals surface area contributed by atoms with Gasteiger partial charge in [0.15, 0.2) is 0 Å². The lowest BCUT2D eigenvalue weighted by Crippen LogP contribution is -2.29. The van der Waals surface area contributed by atoms with Crippen LogP contribution in [0.3, 0.4) is 0 Å². The van der Waals surface area contributed by atoms with Gasteiger partial charge in [-0.1, -0.05) is 139 Å². The highest BCUT2D eigenvalue weighted by Gasteiger charge is 2.46. The third kappa shape index (κ3) is 5.18. The monoisotopic (exact) mass is 634 g/mol. The Bertz CT molecular complexity index is 2320. The molecule has 0 saturated heterocycles. The van der Waals surface area contributed by atoms with Crippen molar-refractivity contribution >= 4 is 10.8 Å². The van der Waals surface area contributed by atoms with Crippen LogP contribution in [0.5, 0.6) is 0 Å². The second-order valence-corrected chi connectivity index (χ2v) is 15.6. The van der Waals surface area contributed by atoms with E-state index in [0.29, 0.717) is 0 Å². The van der Waals surface area contributed by atoms with Crippen molar-refractivity contribution in [2.45, 2.75) is 57.8 Å². The zero-order chi connectivity index (χ0) is 34.0. The Labute approximate surface area is 290 Å². The predicted molar refractivity (Wildman–Crippen MR) is 205 cm³/mol. The van der Waals surface area contributed by atoms with Crippen LogP contribution in [-0.2, 0) is 16.2 Å². The summed E-state index contributed by atoms with van der Waals surface area (Å²) in [5.41, 5.74) is 13.8. The zero-order valence-electron chi connectivity index (χ0n) is 29.3. The van der Waals surface area contributed by atoms with Crippen LogP contribution >= 0.6 is 0 Å². The summed E-state index contributed by atoms with van der Waals surface area (Å²) >= 11 is 0. The molecule has 0 bridgehead atoms. The predicted octanol–water partition coefficient (Wildman–Crippen LogP) is 11.9. The fraction of sp³-hybridized carbons (Fsp3) is 0.191. The first-order valence-electron chi connectivity index (χ1n) is 17.3. The Balaban J connectivity index is 1.45. The highest BCUT2D eigenvalue weighted by molar-refractivity contribution is 5.88. The van der Waals surface area contributed by atoms with Gasteiger partial charge in [0, 0.05) is 28.9 Å². The molecule has 7 aromatic rings. The van der Waals surface area contributed by atoms with Crippen molar-refractivity contribution in [1.82, 2.24) is 9.97 Å². The van der Waals surface area contributed by atoms with E-state index in [1.54, 1.807) is 0 Å². The van der Waals surface area contributed by atoms with E-state index in [1.807, 2.05) is 12.4 Å². The van der Waals surface area contributed by atoms with E-state index in [1.165, 1.54) is 49.9 Å². The van der Waals surface area contributed by atoms with Crippen molar-refractivity contribution in [1.29, 1.82) is 0 Å². The molecule has 0 saturated carbocycles. The van der Waals surface area contributed by atoms with Crippen molar-refractivity contribution in [2.75, 3.05) is 0 Å². The van der Waals surface area contributed by atoms with Crippen LogP contribution in [0.2, 0.25) is 0 Å². The lowest BCUT2D eigenvalue weighted by atomic mass is 9.66. The summed E-state index contributed by atoms with van der Waals surface area (Å²) in [5.74, 6) is 0. The van der Waals surface area contributed by atoms with Crippen LogP contribution in [0.15, 0.2) is 146 Å². The molecule has 240 valence electrons. The van der Waals surface area contributed by atoms with E-state index in [9.17, 15) is 0 Å². The van der Waals surface area contributed by atoms with E-state index in [4.69, 9.17) is 9.97 Å². The lowest BCUT2D eigenvalue weighted by molar-refractivity contribution is 0.587. The molecule has 0 amide bonds. The summed E-state index contributed by atoms with van der Waals surface area (Å²) in [6.45, 7) is 13.7. The zero-order valence-corrected chi connectivity index (χ0v) is 29.3. The first kappa shape index (κ1) is 31.0. The molecule has 0 radical (unpaired) electrons. The number of pyridine rings is 2. The summed E-state index contributed by atoms with van der Waals surface area (Å²) in [5, 5.41) is 2.34. The second kappa shape index (κ2) is 11.4. The van der Waals surface area contributed by atoms with Gasteiger partial charge in [0.1, 0.15) is 0 Å². The van der Waals surface area contributed by atoms with Gasteiger partial charge >= 0.3 is 0 Å². The van der Waals surface area contributed by atoms with E-state index in [2.05, 4.69) is 175 Å². The van der Waals surface area contributed by atoms with E-state index in [0.717, 1.165) is 27.9 Å². The summed E-state index contributed by atoms with van der Waals surface area (Å²) in [4.78, 5) is 9.92. The maximum atomic E-state index is 5.03. The number of benzene rings is 5. The molecule has 1 aliphatic carbocycles. The third-order valence-corrected chi connectivity index (χ3v) is 10.3. The van der Waals surface area contributed by atoms with E-state index < -0.39 is 5.41 Å². The van der Waals surface area contributed by atoms with Crippen LogP contribution in [0, 0.1) is 0 Å². The fourth-order valence-corrected chi connectivity index (χ4v) is 7.66. The molecule has 2 nitrogen and oxygen atoms in total. The van der Waals surface area contributed by atoms with Gasteiger partial charge in [-0.3, -0.25) is 9.97 Å². The van der Waals surface area contributed by atoms with Gasteiger partial charge in [-0.2, -0.15) is 0 Å². The highest BCUT2D eigenvalue weighted by atomic mass is 14.7. The van der Waals surface area contributed by atoms with Gasteiger partial charge in [-0.25, -0.2) is 0 Å². The first-order chi connectivity index (χ1) is 23.5. The average molecular weight is 635 g/mol. The van der Waals surface area contributed by atoms with Crippen molar-refractivity contribution in [3.63, 3.8) is 0 Å². The topological polar surface area (TPSA) is 25.8 Å². The molecule has 0 unspecified atom stereocenters. The Morgan fingerprint density at radius 1 is 0.449 bits per heavy atom. The van der Waals surface area contributed by atoms with Gasteiger partial charge in [0.05, 0.1) is 16.8 Å². The minimum absolute atomic E-state index is 0.0282. The Hall–Kier alpha value is -5.34. The maximum Gasteiger partial charge on any atom is 0.0714 e. The standard InChI is InChI=1S/C47H42N2/c1-45(2,3)35-22-23-48-44(29-35)32-16-13-17-36(24-32)47(41-20-11-9-18-39(41)40-19-10-12-21-42(40)47)38-26-34(25-37(28-38)46(4,5)6)43-27-31-14-7-8-15-33(31)30-49-43/h7-30H,1-6H3. The minimum Gasteiger partial charge on any atom is -0.256 e. The number of nitrogens with zero attached hydrogens (tertiary/aromatic N) is 2. The molecule has 0 fully saturated rings. The number of hydrogen-bond donors (Lipinski definition) is 0. The van der Waals surface area contributed by atoms with Crippen molar-refractivity contribution in [2.24, 2.45) is 0 Å². The fourth-order valence-electron chi connectivity index (χ4n) is 7.66. The average Bonchev–Trinajstić information content (AvgIpc) is 3.42. The highest BCUT2D eigenvalue weighted by Crippen LogP contribution is 2.57. The van der Waals surface area contributed by atoms with Gasteiger partial charge in [0.25, 0.3) is 0 Å². The molecule has 0 aliphatic heterocycles. The van der Waals surface area contributed by atoms with Crippen LogP contribution in [0.1, 0.15) is 74.9 Å². The number of aromatic nitrogens is 2. The Kier molecular flexibility index (Phi) is 7.19.